The number of nitrogens with zero attached hydrogens (tertiary/aromatic N) is 1. The minimum absolute atomic E-state index is 0.0917. The number of halogens is 1. The van der Waals surface area contributed by atoms with Crippen LogP contribution in [0.3, 0.4) is 0 Å². The first-order chi connectivity index (χ1) is 7.50. The molecule has 1 rings (SSSR count). The maximum atomic E-state index is 13.3. The SMILES string of the molecule is CC(=O)CCc1cccc(N(F)C(C)=O)c1. The molecule has 0 saturated heterocycles. The van der Waals surface area contributed by atoms with Gasteiger partial charge in [-0.1, -0.05) is 16.6 Å². The summed E-state index contributed by atoms with van der Waals surface area (Å²) in [6.07, 6.45) is 0.991. The number of Topliss-reactive ketones (excluding diaryl/α,β-unsaturated/α-hetero) is 1. The number of hydrogen-bond acceptors (Lipinski definition) is 2. The largest absolute Gasteiger partial charge is 0.300 e. The van der Waals surface area contributed by atoms with Gasteiger partial charge in [0.15, 0.2) is 0 Å². The first-order valence-corrected chi connectivity index (χ1v) is 5.05. The second-order valence-corrected chi connectivity index (χ2v) is 3.67. The van der Waals surface area contributed by atoms with Crippen LogP contribution in [0.2, 0.25) is 0 Å². The number of hydrogen-bond donors (Lipinski definition) is 0. The van der Waals surface area contributed by atoms with Crippen LogP contribution in [0.5, 0.6) is 0 Å². The molecule has 0 saturated carbocycles. The summed E-state index contributed by atoms with van der Waals surface area (Å²) in [5.74, 6) is -0.571. The zero-order valence-corrected chi connectivity index (χ0v) is 9.37. The molecule has 0 N–H and O–H groups in total. The van der Waals surface area contributed by atoms with E-state index in [4.69, 9.17) is 0 Å². The van der Waals surface area contributed by atoms with E-state index >= 15 is 0 Å². The molecule has 0 unspecified atom stereocenters. The van der Waals surface area contributed by atoms with Gasteiger partial charge in [-0.2, -0.15) is 0 Å². The number of benzene rings is 1. The van der Waals surface area contributed by atoms with Gasteiger partial charge >= 0.3 is 0 Å². The predicted octanol–water partition coefficient (Wildman–Crippen LogP) is 2.45. The summed E-state index contributed by atoms with van der Waals surface area (Å²) >= 11 is 0. The number of ketones is 1. The lowest BCUT2D eigenvalue weighted by molar-refractivity contribution is -0.119. The Kier molecular flexibility index (Phi) is 4.17. The van der Waals surface area contributed by atoms with Gasteiger partial charge < -0.3 is 4.79 Å². The standard InChI is InChI=1S/C12H14FNO2/c1-9(15)6-7-11-4-3-5-12(8-11)14(13)10(2)16/h3-5,8H,6-7H2,1-2H3. The van der Waals surface area contributed by atoms with E-state index in [1.165, 1.54) is 13.0 Å². The van der Waals surface area contributed by atoms with Crippen molar-refractivity contribution < 1.29 is 14.1 Å². The summed E-state index contributed by atoms with van der Waals surface area (Å²) in [6, 6.07) is 6.56. The molecule has 0 spiro atoms. The fourth-order valence-electron chi connectivity index (χ4n) is 1.34. The van der Waals surface area contributed by atoms with E-state index in [-0.39, 0.29) is 16.6 Å². The van der Waals surface area contributed by atoms with Crippen molar-refractivity contribution in [3.8, 4) is 0 Å². The van der Waals surface area contributed by atoms with Gasteiger partial charge in [-0.05, 0) is 31.0 Å². The lowest BCUT2D eigenvalue weighted by Gasteiger charge is -2.10. The topological polar surface area (TPSA) is 37.4 Å². The molecule has 0 heterocycles. The molecular weight excluding hydrogens is 209 g/mol. The van der Waals surface area contributed by atoms with Crippen molar-refractivity contribution in [1.29, 1.82) is 0 Å². The molecule has 0 aliphatic heterocycles. The highest BCUT2D eigenvalue weighted by Gasteiger charge is 2.10. The summed E-state index contributed by atoms with van der Waals surface area (Å²) in [7, 11) is 0. The van der Waals surface area contributed by atoms with Crippen LogP contribution in [0.1, 0.15) is 25.8 Å². The van der Waals surface area contributed by atoms with Crippen LogP contribution in [0.15, 0.2) is 24.3 Å². The molecule has 1 amide bonds. The molecule has 0 atom stereocenters. The predicted molar refractivity (Wildman–Crippen MR) is 59.7 cm³/mol. The van der Waals surface area contributed by atoms with Crippen LogP contribution in [-0.2, 0) is 16.0 Å². The minimum Gasteiger partial charge on any atom is -0.300 e. The van der Waals surface area contributed by atoms with Gasteiger partial charge in [0.2, 0.25) is 0 Å². The summed E-state index contributed by atoms with van der Waals surface area (Å²) < 4.78 is 13.3. The first-order valence-electron chi connectivity index (χ1n) is 5.05. The third-order valence-electron chi connectivity index (χ3n) is 2.18. The Morgan fingerprint density at radius 3 is 2.56 bits per heavy atom. The zero-order valence-electron chi connectivity index (χ0n) is 9.37. The normalized spacial score (nSPS) is 9.94. The third-order valence-corrected chi connectivity index (χ3v) is 2.18. The van der Waals surface area contributed by atoms with Crippen LogP contribution in [-0.4, -0.2) is 11.7 Å². The highest BCUT2D eigenvalue weighted by atomic mass is 19.2. The Morgan fingerprint density at radius 2 is 2.00 bits per heavy atom. The number of rotatable bonds is 4. The number of amides is 1. The lowest BCUT2D eigenvalue weighted by Crippen LogP contribution is -2.17. The Morgan fingerprint density at radius 1 is 1.31 bits per heavy atom. The van der Waals surface area contributed by atoms with Gasteiger partial charge in [-0.15, -0.1) is 5.12 Å². The maximum absolute atomic E-state index is 13.3. The number of carbonyl (C=O) groups excluding carboxylic acids is 2. The number of carbonyl (C=O) groups is 2. The zero-order chi connectivity index (χ0) is 12.1. The molecule has 1 aromatic carbocycles. The van der Waals surface area contributed by atoms with Crippen molar-refractivity contribution >= 4 is 17.4 Å². The van der Waals surface area contributed by atoms with Gasteiger partial charge in [0.25, 0.3) is 5.91 Å². The third kappa shape index (κ3) is 3.46. The van der Waals surface area contributed by atoms with Crippen LogP contribution in [0.4, 0.5) is 10.2 Å². The fourth-order valence-corrected chi connectivity index (χ4v) is 1.34. The second kappa shape index (κ2) is 5.39. The van der Waals surface area contributed by atoms with Crippen molar-refractivity contribution in [2.75, 3.05) is 5.12 Å². The molecule has 16 heavy (non-hydrogen) atoms. The van der Waals surface area contributed by atoms with Crippen LogP contribution >= 0.6 is 0 Å². The van der Waals surface area contributed by atoms with Gasteiger partial charge in [0.05, 0.1) is 5.69 Å². The average Bonchev–Trinajstić information content (AvgIpc) is 2.25. The average molecular weight is 223 g/mol. The van der Waals surface area contributed by atoms with Gasteiger partial charge in [-0.3, -0.25) is 4.79 Å². The van der Waals surface area contributed by atoms with E-state index < -0.39 is 5.91 Å². The molecule has 4 heteroatoms. The summed E-state index contributed by atoms with van der Waals surface area (Å²) in [6.45, 7) is 2.67. The van der Waals surface area contributed by atoms with Crippen molar-refractivity contribution in [3.63, 3.8) is 0 Å². The van der Waals surface area contributed by atoms with Gasteiger partial charge in [0.1, 0.15) is 5.78 Å². The molecule has 0 aliphatic carbocycles. The molecule has 0 fully saturated rings. The summed E-state index contributed by atoms with van der Waals surface area (Å²) in [5.41, 5.74) is 1.05. The Balaban J connectivity index is 2.78. The molecule has 86 valence electrons. The van der Waals surface area contributed by atoms with Crippen molar-refractivity contribution in [1.82, 2.24) is 0 Å². The van der Waals surface area contributed by atoms with Crippen LogP contribution in [0, 0.1) is 0 Å². The molecule has 0 aliphatic rings. The van der Waals surface area contributed by atoms with E-state index in [1.807, 2.05) is 0 Å². The van der Waals surface area contributed by atoms with E-state index in [2.05, 4.69) is 0 Å². The second-order valence-electron chi connectivity index (χ2n) is 3.67. The Hall–Kier alpha value is -1.71. The smallest absolute Gasteiger partial charge is 0.251 e. The van der Waals surface area contributed by atoms with Crippen molar-refractivity contribution in [2.45, 2.75) is 26.7 Å². The molecule has 1 aromatic rings. The van der Waals surface area contributed by atoms with Gasteiger partial charge in [0, 0.05) is 13.3 Å². The van der Waals surface area contributed by atoms with E-state index in [1.54, 1.807) is 18.2 Å². The van der Waals surface area contributed by atoms with Crippen molar-refractivity contribution in [2.24, 2.45) is 0 Å². The molecule has 0 bridgehead atoms. The molecule has 0 radical (unpaired) electrons. The van der Waals surface area contributed by atoms with Crippen LogP contribution < -0.4 is 5.12 Å². The molecule has 3 nitrogen and oxygen atoms in total. The highest BCUT2D eigenvalue weighted by Crippen LogP contribution is 2.17. The monoisotopic (exact) mass is 223 g/mol. The van der Waals surface area contributed by atoms with E-state index in [0.717, 1.165) is 12.5 Å². The summed E-state index contributed by atoms with van der Waals surface area (Å²) in [4.78, 5) is 21.6. The van der Waals surface area contributed by atoms with Crippen molar-refractivity contribution in [3.05, 3.63) is 29.8 Å². The Bertz CT molecular complexity index is 404. The minimum atomic E-state index is -0.663. The maximum Gasteiger partial charge on any atom is 0.251 e. The quantitative estimate of drug-likeness (QED) is 0.735. The summed E-state index contributed by atoms with van der Waals surface area (Å²) in [5, 5.41) is 0.0945. The van der Waals surface area contributed by atoms with E-state index in [9.17, 15) is 14.1 Å². The van der Waals surface area contributed by atoms with Gasteiger partial charge in [-0.25, -0.2) is 0 Å². The Labute approximate surface area is 93.8 Å². The fraction of sp³-hybridized carbons (Fsp3) is 0.333. The number of aryl methyl sites for hydroxylation is 1. The highest BCUT2D eigenvalue weighted by molar-refractivity contribution is 5.89. The number of anilines is 1. The lowest BCUT2D eigenvalue weighted by atomic mass is 10.1. The first kappa shape index (κ1) is 12.4. The molecular formula is C12H14FNO2. The van der Waals surface area contributed by atoms with Crippen LogP contribution in [0.25, 0.3) is 0 Å². The molecule has 0 aromatic heterocycles. The van der Waals surface area contributed by atoms with E-state index in [0.29, 0.717) is 12.8 Å².